The number of aromatic nitrogens is 2. The molecule has 112 valence electrons. The Balaban J connectivity index is 2.20. The predicted molar refractivity (Wildman–Crippen MR) is 82.8 cm³/mol. The molecule has 4 nitrogen and oxygen atoms in total. The molecule has 3 rings (SSSR count). The summed E-state index contributed by atoms with van der Waals surface area (Å²) >= 11 is 0. The number of aromatic carboxylic acids is 1. The summed E-state index contributed by atoms with van der Waals surface area (Å²) in [5, 5.41) is 9.15. The van der Waals surface area contributed by atoms with E-state index in [0.717, 1.165) is 22.8 Å². The molecule has 1 saturated carbocycles. The number of carboxylic acids is 1. The molecule has 2 atom stereocenters. The van der Waals surface area contributed by atoms with E-state index >= 15 is 0 Å². The number of hydrogen-bond donors (Lipinski definition) is 1. The Bertz CT molecular complexity index is 709. The molecule has 1 heterocycles. The SMILES string of the molecule is CCC1CC1n1c(C(C)(C)C)nc2cc(C(=O)O)ccc21. The minimum Gasteiger partial charge on any atom is -0.478 e. The van der Waals surface area contributed by atoms with E-state index in [1.54, 1.807) is 12.1 Å². The van der Waals surface area contributed by atoms with Gasteiger partial charge in [0.1, 0.15) is 5.82 Å². The second kappa shape index (κ2) is 4.58. The highest BCUT2D eigenvalue weighted by Crippen LogP contribution is 2.48. The van der Waals surface area contributed by atoms with Crippen molar-refractivity contribution in [1.82, 2.24) is 9.55 Å². The van der Waals surface area contributed by atoms with Crippen LogP contribution in [-0.4, -0.2) is 20.6 Å². The Labute approximate surface area is 124 Å². The van der Waals surface area contributed by atoms with Gasteiger partial charge in [0, 0.05) is 11.5 Å². The third-order valence-corrected chi connectivity index (χ3v) is 4.35. The maximum atomic E-state index is 11.1. The average molecular weight is 286 g/mol. The molecular weight excluding hydrogens is 264 g/mol. The molecule has 2 aromatic rings. The molecule has 1 fully saturated rings. The normalized spacial score (nSPS) is 21.7. The van der Waals surface area contributed by atoms with Crippen molar-refractivity contribution in [2.45, 2.75) is 52.0 Å². The van der Waals surface area contributed by atoms with Crippen molar-refractivity contribution in [3.05, 3.63) is 29.6 Å². The van der Waals surface area contributed by atoms with Crippen LogP contribution in [0.25, 0.3) is 11.0 Å². The molecule has 1 aliphatic rings. The molecule has 0 saturated heterocycles. The highest BCUT2D eigenvalue weighted by atomic mass is 16.4. The third-order valence-electron chi connectivity index (χ3n) is 4.35. The summed E-state index contributed by atoms with van der Waals surface area (Å²) in [6.07, 6.45) is 2.38. The Morgan fingerprint density at radius 2 is 2.14 bits per heavy atom. The Morgan fingerprint density at radius 1 is 1.43 bits per heavy atom. The van der Waals surface area contributed by atoms with Gasteiger partial charge in [-0.15, -0.1) is 0 Å². The Morgan fingerprint density at radius 3 is 2.67 bits per heavy atom. The zero-order chi connectivity index (χ0) is 15.4. The minimum atomic E-state index is -0.901. The molecule has 1 aromatic heterocycles. The average Bonchev–Trinajstić information content (AvgIpc) is 3.08. The number of nitrogens with zero attached hydrogens (tertiary/aromatic N) is 2. The molecule has 1 N–H and O–H groups in total. The van der Waals surface area contributed by atoms with Crippen LogP contribution in [0.15, 0.2) is 18.2 Å². The number of imidazole rings is 1. The van der Waals surface area contributed by atoms with E-state index in [9.17, 15) is 4.79 Å². The lowest BCUT2D eigenvalue weighted by Gasteiger charge is -2.20. The van der Waals surface area contributed by atoms with E-state index in [1.807, 2.05) is 6.07 Å². The fraction of sp³-hybridized carbons (Fsp3) is 0.529. The maximum Gasteiger partial charge on any atom is 0.335 e. The summed E-state index contributed by atoms with van der Waals surface area (Å²) in [6, 6.07) is 5.79. The smallest absolute Gasteiger partial charge is 0.335 e. The van der Waals surface area contributed by atoms with Gasteiger partial charge in [-0.1, -0.05) is 34.1 Å². The van der Waals surface area contributed by atoms with E-state index in [1.165, 1.54) is 12.8 Å². The molecule has 1 aliphatic carbocycles. The second-order valence-electron chi connectivity index (χ2n) is 7.04. The van der Waals surface area contributed by atoms with E-state index in [0.29, 0.717) is 11.6 Å². The van der Waals surface area contributed by atoms with Crippen molar-refractivity contribution < 1.29 is 9.90 Å². The molecule has 0 aliphatic heterocycles. The fourth-order valence-electron chi connectivity index (χ4n) is 3.08. The van der Waals surface area contributed by atoms with Gasteiger partial charge in [-0.25, -0.2) is 9.78 Å². The first-order valence-corrected chi connectivity index (χ1v) is 7.58. The summed E-state index contributed by atoms with van der Waals surface area (Å²) in [4.78, 5) is 15.9. The van der Waals surface area contributed by atoms with Gasteiger partial charge in [0.05, 0.1) is 16.6 Å². The molecule has 4 heteroatoms. The van der Waals surface area contributed by atoms with Gasteiger partial charge in [0.25, 0.3) is 0 Å². The largest absolute Gasteiger partial charge is 0.478 e. The lowest BCUT2D eigenvalue weighted by atomic mass is 9.95. The van der Waals surface area contributed by atoms with Crippen LogP contribution < -0.4 is 0 Å². The van der Waals surface area contributed by atoms with Crippen molar-refractivity contribution in [3.8, 4) is 0 Å². The number of rotatable bonds is 3. The highest BCUT2D eigenvalue weighted by Gasteiger charge is 2.40. The minimum absolute atomic E-state index is 0.0523. The lowest BCUT2D eigenvalue weighted by molar-refractivity contribution is 0.0697. The quantitative estimate of drug-likeness (QED) is 0.927. The molecular formula is C17H22N2O2. The van der Waals surface area contributed by atoms with E-state index < -0.39 is 5.97 Å². The third kappa shape index (κ3) is 2.33. The first-order valence-electron chi connectivity index (χ1n) is 7.58. The number of carbonyl (C=O) groups is 1. The van der Waals surface area contributed by atoms with Crippen LogP contribution in [-0.2, 0) is 5.41 Å². The summed E-state index contributed by atoms with van der Waals surface area (Å²) < 4.78 is 2.34. The molecule has 0 radical (unpaired) electrons. The van der Waals surface area contributed by atoms with E-state index in [2.05, 4.69) is 32.3 Å². The number of benzene rings is 1. The van der Waals surface area contributed by atoms with Crippen LogP contribution in [0.3, 0.4) is 0 Å². The van der Waals surface area contributed by atoms with Crippen LogP contribution in [0.1, 0.15) is 62.8 Å². The highest BCUT2D eigenvalue weighted by molar-refractivity contribution is 5.92. The fourth-order valence-corrected chi connectivity index (χ4v) is 3.08. The first kappa shape index (κ1) is 14.1. The molecule has 2 unspecified atom stereocenters. The Kier molecular flexibility index (Phi) is 3.08. The van der Waals surface area contributed by atoms with Gasteiger partial charge >= 0.3 is 5.97 Å². The molecule has 0 amide bonds. The van der Waals surface area contributed by atoms with Crippen LogP contribution in [0.2, 0.25) is 0 Å². The van der Waals surface area contributed by atoms with Crippen LogP contribution in [0, 0.1) is 5.92 Å². The van der Waals surface area contributed by atoms with Gasteiger partial charge in [0.15, 0.2) is 0 Å². The summed E-state index contributed by atoms with van der Waals surface area (Å²) in [5.74, 6) is 0.880. The van der Waals surface area contributed by atoms with Crippen molar-refractivity contribution in [2.75, 3.05) is 0 Å². The van der Waals surface area contributed by atoms with Crippen molar-refractivity contribution in [2.24, 2.45) is 5.92 Å². The van der Waals surface area contributed by atoms with Gasteiger partial charge in [0.2, 0.25) is 0 Å². The predicted octanol–water partition coefficient (Wildman–Crippen LogP) is 4.00. The lowest BCUT2D eigenvalue weighted by Crippen LogP contribution is -2.19. The summed E-state index contributed by atoms with van der Waals surface area (Å²) in [5.41, 5.74) is 2.10. The maximum absolute atomic E-state index is 11.1. The number of carboxylic acid groups (broad SMARTS) is 1. The van der Waals surface area contributed by atoms with Gasteiger partial charge < -0.3 is 9.67 Å². The molecule has 1 aromatic carbocycles. The zero-order valence-electron chi connectivity index (χ0n) is 13.1. The first-order chi connectivity index (χ1) is 9.82. The number of hydrogen-bond acceptors (Lipinski definition) is 2. The zero-order valence-corrected chi connectivity index (χ0v) is 13.1. The summed E-state index contributed by atoms with van der Waals surface area (Å²) in [6.45, 7) is 8.70. The molecule has 21 heavy (non-hydrogen) atoms. The van der Waals surface area contributed by atoms with E-state index in [4.69, 9.17) is 10.1 Å². The molecule has 0 bridgehead atoms. The van der Waals surface area contributed by atoms with Gasteiger partial charge in [-0.05, 0) is 30.5 Å². The van der Waals surface area contributed by atoms with Gasteiger partial charge in [-0.2, -0.15) is 0 Å². The standard InChI is InChI=1S/C17H22N2O2/c1-5-10-9-14(10)19-13-7-6-11(15(20)21)8-12(13)18-16(19)17(2,3)4/h6-8,10,14H,5,9H2,1-4H3,(H,20,21). The van der Waals surface area contributed by atoms with Gasteiger partial charge in [-0.3, -0.25) is 0 Å². The van der Waals surface area contributed by atoms with Crippen LogP contribution in [0.5, 0.6) is 0 Å². The van der Waals surface area contributed by atoms with E-state index in [-0.39, 0.29) is 5.41 Å². The van der Waals surface area contributed by atoms with Crippen LogP contribution in [0.4, 0.5) is 0 Å². The number of fused-ring (bicyclic) bond motifs is 1. The monoisotopic (exact) mass is 286 g/mol. The Hall–Kier alpha value is -1.84. The topological polar surface area (TPSA) is 55.1 Å². The van der Waals surface area contributed by atoms with Crippen molar-refractivity contribution >= 4 is 17.0 Å². The van der Waals surface area contributed by atoms with Crippen LogP contribution >= 0.6 is 0 Å². The van der Waals surface area contributed by atoms with Crippen molar-refractivity contribution in [3.63, 3.8) is 0 Å². The molecule has 0 spiro atoms. The van der Waals surface area contributed by atoms with Crippen molar-refractivity contribution in [1.29, 1.82) is 0 Å². The summed E-state index contributed by atoms with van der Waals surface area (Å²) in [7, 11) is 0. The second-order valence-corrected chi connectivity index (χ2v) is 7.04.